The largest absolute Gasteiger partial charge is 0.492 e. The van der Waals surface area contributed by atoms with Gasteiger partial charge in [-0.1, -0.05) is 12.1 Å². The van der Waals surface area contributed by atoms with Gasteiger partial charge in [-0.15, -0.1) is 0 Å². The van der Waals surface area contributed by atoms with Gasteiger partial charge in [0, 0.05) is 19.6 Å². The monoisotopic (exact) mass is 294 g/mol. The maximum absolute atomic E-state index is 11.7. The minimum Gasteiger partial charge on any atom is -0.492 e. The summed E-state index contributed by atoms with van der Waals surface area (Å²) < 4.78 is 15.9. The van der Waals surface area contributed by atoms with Crippen molar-refractivity contribution >= 4 is 5.97 Å². The predicted octanol–water partition coefficient (Wildman–Crippen LogP) is 0.398. The number of ether oxygens (including phenoxy) is 3. The van der Waals surface area contributed by atoms with Gasteiger partial charge in [0.15, 0.2) is 0 Å². The maximum Gasteiger partial charge on any atom is 0.325 e. The maximum atomic E-state index is 11.7. The number of nitrogens with two attached hydrogens (primary N) is 1. The number of rotatable bonds is 6. The van der Waals surface area contributed by atoms with Crippen LogP contribution in [-0.4, -0.2) is 56.9 Å². The molecule has 1 aliphatic rings. The molecule has 21 heavy (non-hydrogen) atoms. The van der Waals surface area contributed by atoms with Crippen LogP contribution in [0.25, 0.3) is 0 Å². The molecule has 0 amide bonds. The molecule has 2 N–H and O–H groups in total. The summed E-state index contributed by atoms with van der Waals surface area (Å²) in [6.45, 7) is 3.33. The molecular weight excluding hydrogens is 272 g/mol. The van der Waals surface area contributed by atoms with Crippen LogP contribution in [0.3, 0.4) is 0 Å². The number of morpholine rings is 1. The summed E-state index contributed by atoms with van der Waals surface area (Å²) >= 11 is 0. The Morgan fingerprint density at radius 3 is 3.14 bits per heavy atom. The number of nitrogens with zero attached hydrogens (tertiary/aromatic N) is 1. The van der Waals surface area contributed by atoms with Gasteiger partial charge in [0.05, 0.1) is 20.3 Å². The lowest BCUT2D eigenvalue weighted by molar-refractivity contribution is -0.153. The van der Waals surface area contributed by atoms with Crippen molar-refractivity contribution < 1.29 is 19.0 Å². The first-order chi connectivity index (χ1) is 10.2. The standard InChI is InChI=1S/C15H22N2O4/c1-19-15(18)14-11-20-7-5-17(14)6-8-21-13-4-2-3-12(9-13)10-16/h2-4,9,14H,5-8,10-11,16H2,1H3. The third-order valence-corrected chi connectivity index (χ3v) is 3.49. The van der Waals surface area contributed by atoms with E-state index in [1.54, 1.807) is 0 Å². The van der Waals surface area contributed by atoms with E-state index in [4.69, 9.17) is 19.9 Å². The molecule has 1 aromatic carbocycles. The van der Waals surface area contributed by atoms with Crippen molar-refractivity contribution in [3.8, 4) is 5.75 Å². The molecule has 6 nitrogen and oxygen atoms in total. The lowest BCUT2D eigenvalue weighted by Crippen LogP contribution is -2.51. The zero-order valence-electron chi connectivity index (χ0n) is 12.3. The molecule has 1 aromatic rings. The highest BCUT2D eigenvalue weighted by atomic mass is 16.5. The van der Waals surface area contributed by atoms with Crippen molar-refractivity contribution in [2.24, 2.45) is 5.73 Å². The molecule has 1 heterocycles. The van der Waals surface area contributed by atoms with Crippen LogP contribution in [0, 0.1) is 0 Å². The van der Waals surface area contributed by atoms with Crippen LogP contribution in [-0.2, 0) is 20.8 Å². The molecule has 0 aliphatic carbocycles. The number of hydrogen-bond acceptors (Lipinski definition) is 6. The average Bonchev–Trinajstić information content (AvgIpc) is 2.55. The van der Waals surface area contributed by atoms with Crippen molar-refractivity contribution in [1.29, 1.82) is 0 Å². The summed E-state index contributed by atoms with van der Waals surface area (Å²) in [5, 5.41) is 0. The van der Waals surface area contributed by atoms with E-state index in [0.29, 0.717) is 39.5 Å². The van der Waals surface area contributed by atoms with E-state index in [1.165, 1.54) is 7.11 Å². The van der Waals surface area contributed by atoms with Crippen molar-refractivity contribution in [3.63, 3.8) is 0 Å². The van der Waals surface area contributed by atoms with Crippen molar-refractivity contribution in [3.05, 3.63) is 29.8 Å². The number of carbonyl (C=O) groups excluding carboxylic acids is 1. The van der Waals surface area contributed by atoms with Gasteiger partial charge < -0.3 is 19.9 Å². The molecule has 1 saturated heterocycles. The zero-order chi connectivity index (χ0) is 15.1. The van der Waals surface area contributed by atoms with Crippen molar-refractivity contribution in [1.82, 2.24) is 4.90 Å². The molecular formula is C15H22N2O4. The van der Waals surface area contributed by atoms with E-state index in [9.17, 15) is 4.79 Å². The van der Waals surface area contributed by atoms with Gasteiger partial charge in [-0.3, -0.25) is 9.69 Å². The number of hydrogen-bond donors (Lipinski definition) is 1. The fourth-order valence-electron chi connectivity index (χ4n) is 2.30. The van der Waals surface area contributed by atoms with Crippen LogP contribution < -0.4 is 10.5 Å². The summed E-state index contributed by atoms with van der Waals surface area (Å²) in [6, 6.07) is 7.36. The van der Waals surface area contributed by atoms with Crippen LogP contribution in [0.15, 0.2) is 24.3 Å². The Kier molecular flexibility index (Phi) is 5.98. The second-order valence-corrected chi connectivity index (χ2v) is 4.85. The molecule has 0 aromatic heterocycles. The van der Waals surface area contributed by atoms with Gasteiger partial charge >= 0.3 is 5.97 Å². The quantitative estimate of drug-likeness (QED) is 0.766. The minimum atomic E-state index is -0.345. The van der Waals surface area contributed by atoms with E-state index in [2.05, 4.69) is 0 Å². The summed E-state index contributed by atoms with van der Waals surface area (Å²) in [5.41, 5.74) is 6.64. The normalized spacial score (nSPS) is 19.2. The van der Waals surface area contributed by atoms with Crippen LogP contribution in [0.5, 0.6) is 5.75 Å². The Balaban J connectivity index is 1.84. The van der Waals surface area contributed by atoms with Crippen LogP contribution >= 0.6 is 0 Å². The van der Waals surface area contributed by atoms with Gasteiger partial charge in [0.1, 0.15) is 18.4 Å². The molecule has 1 atom stereocenters. The Morgan fingerprint density at radius 1 is 1.52 bits per heavy atom. The molecule has 0 saturated carbocycles. The topological polar surface area (TPSA) is 74.0 Å². The Bertz CT molecular complexity index is 467. The molecule has 1 unspecified atom stereocenters. The Labute approximate surface area is 124 Å². The first-order valence-corrected chi connectivity index (χ1v) is 7.06. The molecule has 0 bridgehead atoms. The molecule has 116 valence electrons. The number of methoxy groups -OCH3 is 1. The third-order valence-electron chi connectivity index (χ3n) is 3.49. The molecule has 6 heteroatoms. The zero-order valence-corrected chi connectivity index (χ0v) is 12.3. The summed E-state index contributed by atoms with van der Waals surface area (Å²) in [7, 11) is 1.39. The number of carbonyl (C=O) groups is 1. The Morgan fingerprint density at radius 2 is 2.38 bits per heavy atom. The molecule has 1 aliphatic heterocycles. The number of esters is 1. The van der Waals surface area contributed by atoms with Crippen LogP contribution in [0.4, 0.5) is 0 Å². The SMILES string of the molecule is COC(=O)C1COCCN1CCOc1cccc(CN)c1. The highest BCUT2D eigenvalue weighted by molar-refractivity contribution is 5.75. The van der Waals surface area contributed by atoms with E-state index in [-0.39, 0.29) is 12.0 Å². The van der Waals surface area contributed by atoms with E-state index in [0.717, 1.165) is 11.3 Å². The van der Waals surface area contributed by atoms with Crippen LogP contribution in [0.2, 0.25) is 0 Å². The summed E-state index contributed by atoms with van der Waals surface area (Å²) in [5.74, 6) is 0.528. The summed E-state index contributed by atoms with van der Waals surface area (Å²) in [4.78, 5) is 13.7. The fourth-order valence-corrected chi connectivity index (χ4v) is 2.30. The van der Waals surface area contributed by atoms with Crippen molar-refractivity contribution in [2.45, 2.75) is 12.6 Å². The van der Waals surface area contributed by atoms with Gasteiger partial charge in [-0.2, -0.15) is 0 Å². The third kappa shape index (κ3) is 4.42. The number of benzene rings is 1. The van der Waals surface area contributed by atoms with Gasteiger partial charge in [0.25, 0.3) is 0 Å². The molecule has 0 spiro atoms. The van der Waals surface area contributed by atoms with Crippen LogP contribution in [0.1, 0.15) is 5.56 Å². The average molecular weight is 294 g/mol. The smallest absolute Gasteiger partial charge is 0.325 e. The molecule has 2 rings (SSSR count). The molecule has 1 fully saturated rings. The van der Waals surface area contributed by atoms with E-state index < -0.39 is 0 Å². The first kappa shape index (κ1) is 15.8. The lowest BCUT2D eigenvalue weighted by Gasteiger charge is -2.33. The molecule has 0 radical (unpaired) electrons. The Hall–Kier alpha value is -1.63. The van der Waals surface area contributed by atoms with Gasteiger partial charge in [-0.25, -0.2) is 0 Å². The van der Waals surface area contributed by atoms with Crippen molar-refractivity contribution in [2.75, 3.05) is 40.0 Å². The first-order valence-electron chi connectivity index (χ1n) is 7.06. The van der Waals surface area contributed by atoms with Gasteiger partial charge in [0.2, 0.25) is 0 Å². The lowest BCUT2D eigenvalue weighted by atomic mass is 10.2. The summed E-state index contributed by atoms with van der Waals surface area (Å²) in [6.07, 6.45) is 0. The minimum absolute atomic E-state index is 0.264. The van der Waals surface area contributed by atoms with E-state index in [1.807, 2.05) is 29.2 Å². The second-order valence-electron chi connectivity index (χ2n) is 4.85. The highest BCUT2D eigenvalue weighted by Gasteiger charge is 2.29. The fraction of sp³-hybridized carbons (Fsp3) is 0.533. The predicted molar refractivity (Wildman–Crippen MR) is 78.0 cm³/mol. The highest BCUT2D eigenvalue weighted by Crippen LogP contribution is 2.14. The van der Waals surface area contributed by atoms with E-state index >= 15 is 0 Å². The van der Waals surface area contributed by atoms with Gasteiger partial charge in [-0.05, 0) is 17.7 Å². The second kappa shape index (κ2) is 7.97.